The number of halogens is 1. The monoisotopic (exact) mass is 298 g/mol. The molecule has 3 heterocycles. The number of nitrogens with zero attached hydrogens (tertiary/aromatic N) is 2. The van der Waals surface area contributed by atoms with Gasteiger partial charge < -0.3 is 0 Å². The van der Waals surface area contributed by atoms with Crippen LogP contribution in [0.15, 0.2) is 12.1 Å². The quantitative estimate of drug-likeness (QED) is 0.831. The lowest BCUT2D eigenvalue weighted by molar-refractivity contribution is 0.0237. The predicted molar refractivity (Wildman–Crippen MR) is 83.1 cm³/mol. The van der Waals surface area contributed by atoms with Gasteiger partial charge in [0, 0.05) is 36.1 Å². The molecule has 3 unspecified atom stereocenters. The van der Waals surface area contributed by atoms with Gasteiger partial charge in [-0.3, -0.25) is 9.80 Å². The fraction of sp³-hybridized carbons (Fsp3) is 0.733. The second-order valence-electron chi connectivity index (χ2n) is 5.87. The summed E-state index contributed by atoms with van der Waals surface area (Å²) in [6.45, 7) is 8.46. The Labute approximate surface area is 125 Å². The van der Waals surface area contributed by atoms with Crippen molar-refractivity contribution in [3.05, 3.63) is 21.3 Å². The maximum atomic E-state index is 6.09. The highest BCUT2D eigenvalue weighted by atomic mass is 35.5. The second kappa shape index (κ2) is 5.72. The molecule has 2 aliphatic heterocycles. The first-order chi connectivity index (χ1) is 9.19. The third kappa shape index (κ3) is 2.71. The summed E-state index contributed by atoms with van der Waals surface area (Å²) in [5.74, 6) is 0. The summed E-state index contributed by atoms with van der Waals surface area (Å²) in [5.41, 5.74) is 0. The lowest BCUT2D eigenvalue weighted by Crippen LogP contribution is -2.56. The molecule has 2 fully saturated rings. The van der Waals surface area contributed by atoms with Gasteiger partial charge in [-0.05, 0) is 44.9 Å². The molecular formula is C15H23ClN2S. The van der Waals surface area contributed by atoms with Crippen LogP contribution in [0.25, 0.3) is 0 Å². The van der Waals surface area contributed by atoms with Gasteiger partial charge in [0.25, 0.3) is 0 Å². The first kappa shape index (κ1) is 13.9. The van der Waals surface area contributed by atoms with Gasteiger partial charge in [0.15, 0.2) is 0 Å². The maximum Gasteiger partial charge on any atom is 0.0931 e. The van der Waals surface area contributed by atoms with Gasteiger partial charge in [0.2, 0.25) is 0 Å². The molecule has 2 aliphatic rings. The Morgan fingerprint density at radius 1 is 1.42 bits per heavy atom. The molecule has 2 saturated heterocycles. The third-order valence-corrected chi connectivity index (χ3v) is 6.21. The van der Waals surface area contributed by atoms with Gasteiger partial charge >= 0.3 is 0 Å². The molecule has 0 saturated carbocycles. The Kier molecular flexibility index (Phi) is 4.18. The minimum Gasteiger partial charge on any atom is -0.298 e. The fourth-order valence-electron chi connectivity index (χ4n) is 3.66. The smallest absolute Gasteiger partial charge is 0.0931 e. The summed E-state index contributed by atoms with van der Waals surface area (Å²) in [7, 11) is 0. The Morgan fingerprint density at radius 3 is 2.95 bits per heavy atom. The zero-order chi connectivity index (χ0) is 13.4. The minimum absolute atomic E-state index is 0.505. The number of hydrogen-bond donors (Lipinski definition) is 0. The molecule has 4 heteroatoms. The van der Waals surface area contributed by atoms with Crippen LogP contribution in [-0.2, 0) is 0 Å². The molecule has 0 bridgehead atoms. The highest BCUT2D eigenvalue weighted by Crippen LogP contribution is 2.35. The van der Waals surface area contributed by atoms with Crippen LogP contribution in [0.4, 0.5) is 0 Å². The minimum atomic E-state index is 0.505. The largest absolute Gasteiger partial charge is 0.298 e. The highest BCUT2D eigenvalue weighted by molar-refractivity contribution is 7.16. The summed E-state index contributed by atoms with van der Waals surface area (Å²) in [6.07, 6.45) is 4.01. The number of thiophene rings is 1. The summed E-state index contributed by atoms with van der Waals surface area (Å²) in [4.78, 5) is 6.84. The van der Waals surface area contributed by atoms with E-state index in [1.165, 1.54) is 43.8 Å². The lowest BCUT2D eigenvalue weighted by Gasteiger charge is -2.46. The molecular weight excluding hydrogens is 276 g/mol. The van der Waals surface area contributed by atoms with Gasteiger partial charge in [0.05, 0.1) is 4.34 Å². The third-order valence-electron chi connectivity index (χ3n) is 4.81. The van der Waals surface area contributed by atoms with Crippen molar-refractivity contribution in [2.75, 3.05) is 19.6 Å². The molecule has 0 aliphatic carbocycles. The van der Waals surface area contributed by atoms with E-state index >= 15 is 0 Å². The molecule has 1 aromatic heterocycles. The standard InChI is InChI=1S/C15H23ClN2S/c1-3-12-9-17-8-4-5-13(17)10-18(12)11(2)14-6-7-15(16)19-14/h6-7,11-13H,3-5,8-10H2,1-2H3. The zero-order valence-electron chi connectivity index (χ0n) is 11.8. The average molecular weight is 299 g/mol. The van der Waals surface area contributed by atoms with E-state index in [-0.39, 0.29) is 0 Å². The summed E-state index contributed by atoms with van der Waals surface area (Å²) in [5, 5.41) is 0. The molecule has 0 amide bonds. The Balaban J connectivity index is 1.77. The van der Waals surface area contributed by atoms with Crippen molar-refractivity contribution < 1.29 is 0 Å². The van der Waals surface area contributed by atoms with Crippen LogP contribution in [0.1, 0.15) is 44.0 Å². The van der Waals surface area contributed by atoms with Gasteiger partial charge in [-0.2, -0.15) is 0 Å². The molecule has 3 rings (SSSR count). The summed E-state index contributed by atoms with van der Waals surface area (Å²) >= 11 is 7.83. The van der Waals surface area contributed by atoms with E-state index in [4.69, 9.17) is 11.6 Å². The lowest BCUT2D eigenvalue weighted by atomic mass is 10.0. The van der Waals surface area contributed by atoms with E-state index < -0.39 is 0 Å². The predicted octanol–water partition coefficient (Wildman–Crippen LogP) is 4.02. The first-order valence-corrected chi connectivity index (χ1v) is 8.63. The van der Waals surface area contributed by atoms with Crippen LogP contribution in [0.5, 0.6) is 0 Å². The number of fused-ring (bicyclic) bond motifs is 1. The van der Waals surface area contributed by atoms with E-state index in [0.717, 1.165) is 10.4 Å². The molecule has 2 nitrogen and oxygen atoms in total. The molecule has 0 aromatic carbocycles. The van der Waals surface area contributed by atoms with Gasteiger partial charge in [-0.15, -0.1) is 11.3 Å². The SMILES string of the molecule is CCC1CN2CCCC2CN1C(C)c1ccc(Cl)s1. The average Bonchev–Trinajstić information content (AvgIpc) is 3.04. The molecule has 1 aromatic rings. The van der Waals surface area contributed by atoms with E-state index in [2.05, 4.69) is 29.7 Å². The van der Waals surface area contributed by atoms with E-state index in [1.54, 1.807) is 11.3 Å². The Morgan fingerprint density at radius 2 is 2.26 bits per heavy atom. The van der Waals surface area contributed by atoms with Gasteiger partial charge in [0.1, 0.15) is 0 Å². The number of rotatable bonds is 3. The highest BCUT2D eigenvalue weighted by Gasteiger charge is 2.37. The van der Waals surface area contributed by atoms with Crippen molar-refractivity contribution in [1.82, 2.24) is 9.80 Å². The van der Waals surface area contributed by atoms with Crippen molar-refractivity contribution in [3.8, 4) is 0 Å². The van der Waals surface area contributed by atoms with Crippen molar-refractivity contribution >= 4 is 22.9 Å². The van der Waals surface area contributed by atoms with Gasteiger partial charge in [-0.1, -0.05) is 18.5 Å². The van der Waals surface area contributed by atoms with Crippen molar-refractivity contribution in [1.29, 1.82) is 0 Å². The Hall–Kier alpha value is -0.0900. The molecule has 0 radical (unpaired) electrons. The van der Waals surface area contributed by atoms with E-state index in [9.17, 15) is 0 Å². The summed E-state index contributed by atoms with van der Waals surface area (Å²) in [6, 6.07) is 6.23. The van der Waals surface area contributed by atoms with Crippen LogP contribution < -0.4 is 0 Å². The van der Waals surface area contributed by atoms with E-state index in [1.807, 2.05) is 6.07 Å². The topological polar surface area (TPSA) is 6.48 Å². The van der Waals surface area contributed by atoms with Crippen LogP contribution in [0.3, 0.4) is 0 Å². The normalized spacial score (nSPS) is 30.5. The van der Waals surface area contributed by atoms with Crippen molar-refractivity contribution in [2.24, 2.45) is 0 Å². The fourth-order valence-corrected chi connectivity index (χ4v) is 4.80. The molecule has 3 atom stereocenters. The number of hydrogen-bond acceptors (Lipinski definition) is 3. The molecule has 0 spiro atoms. The maximum absolute atomic E-state index is 6.09. The number of piperazine rings is 1. The Bertz CT molecular complexity index is 434. The van der Waals surface area contributed by atoms with Crippen molar-refractivity contribution in [2.45, 2.75) is 51.2 Å². The first-order valence-electron chi connectivity index (χ1n) is 7.44. The van der Waals surface area contributed by atoms with Crippen LogP contribution in [-0.4, -0.2) is 41.5 Å². The van der Waals surface area contributed by atoms with E-state index in [0.29, 0.717) is 12.1 Å². The van der Waals surface area contributed by atoms with Crippen LogP contribution in [0.2, 0.25) is 4.34 Å². The van der Waals surface area contributed by atoms with Crippen molar-refractivity contribution in [3.63, 3.8) is 0 Å². The second-order valence-corrected chi connectivity index (χ2v) is 7.61. The van der Waals surface area contributed by atoms with Crippen LogP contribution >= 0.6 is 22.9 Å². The zero-order valence-corrected chi connectivity index (χ0v) is 13.4. The molecule has 19 heavy (non-hydrogen) atoms. The molecule has 0 N–H and O–H groups in total. The van der Waals surface area contributed by atoms with Crippen LogP contribution in [0, 0.1) is 0 Å². The van der Waals surface area contributed by atoms with Gasteiger partial charge in [-0.25, -0.2) is 0 Å². The molecule has 106 valence electrons. The summed E-state index contributed by atoms with van der Waals surface area (Å²) < 4.78 is 0.911.